The van der Waals surface area contributed by atoms with Crippen molar-refractivity contribution in [2.45, 2.75) is 18.9 Å². The highest BCUT2D eigenvalue weighted by molar-refractivity contribution is 6.31. The van der Waals surface area contributed by atoms with Gasteiger partial charge in [0.05, 0.1) is 17.2 Å². The third kappa shape index (κ3) is 3.91. The number of nitrogens with one attached hydrogen (secondary N) is 1. The fraction of sp³-hybridized carbons (Fsp3) is 0.158. The molecule has 0 radical (unpaired) electrons. The topological polar surface area (TPSA) is 68.0 Å². The zero-order chi connectivity index (χ0) is 16.9. The number of amides is 1. The summed E-state index contributed by atoms with van der Waals surface area (Å²) in [6.07, 6.45) is 3.00. The van der Waals surface area contributed by atoms with Crippen LogP contribution in [-0.4, -0.2) is 16.9 Å². The number of fused-ring (bicyclic) bond motifs is 1. The van der Waals surface area contributed by atoms with E-state index in [0.717, 1.165) is 17.3 Å². The number of hydrogen-bond donors (Lipinski definition) is 2. The second-order valence-corrected chi connectivity index (χ2v) is 6.08. The van der Waals surface area contributed by atoms with Gasteiger partial charge in [-0.3, -0.25) is 9.78 Å². The van der Waals surface area contributed by atoms with E-state index in [-0.39, 0.29) is 5.91 Å². The summed E-state index contributed by atoms with van der Waals surface area (Å²) in [5.74, 6) is -0.201. The number of nitrogens with two attached hydrogens (primary N) is 1. The Hall–Kier alpha value is -2.43. The van der Waals surface area contributed by atoms with E-state index in [1.807, 2.05) is 36.4 Å². The molecule has 0 aliphatic heterocycles. The number of halogens is 1. The predicted molar refractivity (Wildman–Crippen MR) is 98.1 cm³/mol. The van der Waals surface area contributed by atoms with E-state index in [4.69, 9.17) is 17.3 Å². The highest BCUT2D eigenvalue weighted by Crippen LogP contribution is 2.24. The van der Waals surface area contributed by atoms with E-state index in [0.29, 0.717) is 17.1 Å². The third-order valence-electron chi connectivity index (χ3n) is 3.89. The molecule has 122 valence electrons. The smallest absolute Gasteiger partial charge is 0.241 e. The van der Waals surface area contributed by atoms with Crippen LogP contribution in [0.1, 0.15) is 12.0 Å². The molecule has 5 heteroatoms. The minimum absolute atomic E-state index is 0.201. The summed E-state index contributed by atoms with van der Waals surface area (Å²) in [7, 11) is 0. The van der Waals surface area contributed by atoms with Gasteiger partial charge in [0, 0.05) is 16.6 Å². The first kappa shape index (κ1) is 16.4. The van der Waals surface area contributed by atoms with Gasteiger partial charge < -0.3 is 11.1 Å². The van der Waals surface area contributed by atoms with Crippen molar-refractivity contribution in [2.24, 2.45) is 5.73 Å². The molecule has 2 aromatic carbocycles. The first-order valence-electron chi connectivity index (χ1n) is 7.78. The number of carbonyl (C=O) groups excluding carboxylic acids is 1. The van der Waals surface area contributed by atoms with E-state index < -0.39 is 6.04 Å². The minimum Gasteiger partial charge on any atom is -0.324 e. The molecular formula is C19H18ClN3O. The standard InChI is InChI=1S/C19H18ClN3O/c20-14-7-8-15-17(10-11-22-18(15)12-14)23-19(24)16(21)9-6-13-4-2-1-3-5-13/h1-5,7-8,10-12,16H,6,9,21H2,(H,22,23,24)/t16-/m1/s1. The highest BCUT2D eigenvalue weighted by Gasteiger charge is 2.15. The van der Waals surface area contributed by atoms with Crippen LogP contribution in [-0.2, 0) is 11.2 Å². The number of benzene rings is 2. The molecule has 0 aliphatic rings. The van der Waals surface area contributed by atoms with Gasteiger partial charge in [0.1, 0.15) is 0 Å². The normalized spacial score (nSPS) is 12.1. The summed E-state index contributed by atoms with van der Waals surface area (Å²) in [5, 5.41) is 4.34. The molecule has 24 heavy (non-hydrogen) atoms. The molecular weight excluding hydrogens is 322 g/mol. The third-order valence-corrected chi connectivity index (χ3v) is 4.12. The molecule has 1 heterocycles. The molecule has 3 aromatic rings. The SMILES string of the molecule is N[C@H](CCc1ccccc1)C(=O)Nc1ccnc2cc(Cl)ccc12. The van der Waals surface area contributed by atoms with Gasteiger partial charge in [0.25, 0.3) is 0 Å². The first-order valence-corrected chi connectivity index (χ1v) is 8.16. The fourth-order valence-electron chi connectivity index (χ4n) is 2.55. The molecule has 0 spiro atoms. The largest absolute Gasteiger partial charge is 0.324 e. The molecule has 3 N–H and O–H groups in total. The van der Waals surface area contributed by atoms with Crippen molar-refractivity contribution in [3.8, 4) is 0 Å². The van der Waals surface area contributed by atoms with Crippen LogP contribution in [0.5, 0.6) is 0 Å². The molecule has 0 unspecified atom stereocenters. The molecule has 0 saturated carbocycles. The second kappa shape index (κ2) is 7.43. The van der Waals surface area contributed by atoms with Crippen LogP contribution >= 0.6 is 11.6 Å². The molecule has 1 amide bonds. The quantitative estimate of drug-likeness (QED) is 0.743. The number of carbonyl (C=O) groups is 1. The van der Waals surface area contributed by atoms with Crippen molar-refractivity contribution in [1.82, 2.24) is 4.98 Å². The molecule has 1 atom stereocenters. The number of nitrogens with zero attached hydrogens (tertiary/aromatic N) is 1. The number of hydrogen-bond acceptors (Lipinski definition) is 3. The Balaban J connectivity index is 1.68. The van der Waals surface area contributed by atoms with Crippen LogP contribution < -0.4 is 11.1 Å². The van der Waals surface area contributed by atoms with E-state index in [1.54, 1.807) is 24.4 Å². The van der Waals surface area contributed by atoms with Gasteiger partial charge in [-0.1, -0.05) is 41.9 Å². The van der Waals surface area contributed by atoms with E-state index >= 15 is 0 Å². The highest BCUT2D eigenvalue weighted by atomic mass is 35.5. The van der Waals surface area contributed by atoms with Crippen LogP contribution in [0.3, 0.4) is 0 Å². The van der Waals surface area contributed by atoms with E-state index in [1.165, 1.54) is 5.56 Å². The number of anilines is 1. The maximum absolute atomic E-state index is 12.4. The molecule has 3 rings (SSSR count). The van der Waals surface area contributed by atoms with Gasteiger partial charge in [0.15, 0.2) is 0 Å². The second-order valence-electron chi connectivity index (χ2n) is 5.64. The molecule has 1 aromatic heterocycles. The van der Waals surface area contributed by atoms with Gasteiger partial charge in [-0.25, -0.2) is 0 Å². The van der Waals surface area contributed by atoms with Crippen molar-refractivity contribution >= 4 is 34.1 Å². The fourth-order valence-corrected chi connectivity index (χ4v) is 2.72. The summed E-state index contributed by atoms with van der Waals surface area (Å²) < 4.78 is 0. The monoisotopic (exact) mass is 339 g/mol. The Morgan fingerprint density at radius 3 is 2.75 bits per heavy atom. The Morgan fingerprint density at radius 2 is 1.96 bits per heavy atom. The number of rotatable bonds is 5. The zero-order valence-corrected chi connectivity index (χ0v) is 13.8. The first-order chi connectivity index (χ1) is 11.6. The lowest BCUT2D eigenvalue weighted by atomic mass is 10.1. The molecule has 0 aliphatic carbocycles. The predicted octanol–water partition coefficient (Wildman–Crippen LogP) is 3.79. The summed E-state index contributed by atoms with van der Waals surface area (Å²) >= 11 is 5.98. The van der Waals surface area contributed by atoms with Gasteiger partial charge in [-0.15, -0.1) is 0 Å². The maximum Gasteiger partial charge on any atom is 0.241 e. The molecule has 4 nitrogen and oxygen atoms in total. The van der Waals surface area contributed by atoms with Crippen molar-refractivity contribution in [1.29, 1.82) is 0 Å². The van der Waals surface area contributed by atoms with Crippen LogP contribution in [0.2, 0.25) is 5.02 Å². The van der Waals surface area contributed by atoms with Crippen LogP contribution in [0, 0.1) is 0 Å². The van der Waals surface area contributed by atoms with Gasteiger partial charge >= 0.3 is 0 Å². The van der Waals surface area contributed by atoms with Gasteiger partial charge in [-0.05, 0) is 42.7 Å². The molecule has 0 saturated heterocycles. The van der Waals surface area contributed by atoms with Crippen LogP contribution in [0.15, 0.2) is 60.8 Å². The minimum atomic E-state index is -0.569. The van der Waals surface area contributed by atoms with Crippen LogP contribution in [0.25, 0.3) is 10.9 Å². The summed E-state index contributed by atoms with van der Waals surface area (Å²) in [6.45, 7) is 0. The Morgan fingerprint density at radius 1 is 1.17 bits per heavy atom. The van der Waals surface area contributed by atoms with E-state index in [2.05, 4.69) is 10.3 Å². The Labute approximate surface area is 145 Å². The van der Waals surface area contributed by atoms with Gasteiger partial charge in [-0.2, -0.15) is 0 Å². The molecule has 0 bridgehead atoms. The Bertz CT molecular complexity index is 852. The summed E-state index contributed by atoms with van der Waals surface area (Å²) in [6, 6.07) is 16.6. The summed E-state index contributed by atoms with van der Waals surface area (Å²) in [5.41, 5.74) is 8.63. The van der Waals surface area contributed by atoms with E-state index in [9.17, 15) is 4.79 Å². The van der Waals surface area contributed by atoms with Gasteiger partial charge in [0.2, 0.25) is 5.91 Å². The number of aromatic nitrogens is 1. The average molecular weight is 340 g/mol. The maximum atomic E-state index is 12.4. The molecule has 0 fully saturated rings. The lowest BCUT2D eigenvalue weighted by molar-refractivity contribution is -0.117. The van der Waals surface area contributed by atoms with Crippen molar-refractivity contribution in [3.05, 3.63) is 71.4 Å². The van der Waals surface area contributed by atoms with Crippen LogP contribution in [0.4, 0.5) is 5.69 Å². The number of pyridine rings is 1. The lowest BCUT2D eigenvalue weighted by Gasteiger charge is -2.13. The van der Waals surface area contributed by atoms with Crippen molar-refractivity contribution < 1.29 is 4.79 Å². The Kier molecular flexibility index (Phi) is 5.08. The number of aryl methyl sites for hydroxylation is 1. The van der Waals surface area contributed by atoms with Crippen molar-refractivity contribution in [2.75, 3.05) is 5.32 Å². The zero-order valence-electron chi connectivity index (χ0n) is 13.1. The lowest BCUT2D eigenvalue weighted by Crippen LogP contribution is -2.36. The average Bonchev–Trinajstić information content (AvgIpc) is 2.60. The summed E-state index contributed by atoms with van der Waals surface area (Å²) in [4.78, 5) is 16.6. The van der Waals surface area contributed by atoms with Crippen molar-refractivity contribution in [3.63, 3.8) is 0 Å².